The van der Waals surface area contributed by atoms with Gasteiger partial charge in [-0.1, -0.05) is 20.3 Å². The predicted octanol–water partition coefficient (Wildman–Crippen LogP) is 2.89. The topological polar surface area (TPSA) is 15.3 Å². The van der Waals surface area contributed by atoms with Crippen LogP contribution < -0.4 is 5.32 Å². The van der Waals surface area contributed by atoms with Crippen LogP contribution in [0.2, 0.25) is 0 Å². The van der Waals surface area contributed by atoms with E-state index in [2.05, 4.69) is 24.1 Å². The van der Waals surface area contributed by atoms with Crippen molar-refractivity contribution in [3.8, 4) is 0 Å². The van der Waals surface area contributed by atoms with Gasteiger partial charge in [0.1, 0.15) is 0 Å². The molecule has 1 heterocycles. The van der Waals surface area contributed by atoms with Crippen molar-refractivity contribution in [2.45, 2.75) is 52.4 Å². The molecule has 0 bridgehead atoms. The van der Waals surface area contributed by atoms with E-state index in [1.165, 1.54) is 71.2 Å². The van der Waals surface area contributed by atoms with Crippen LogP contribution in [0.5, 0.6) is 0 Å². The fourth-order valence-electron chi connectivity index (χ4n) is 3.43. The van der Waals surface area contributed by atoms with Crippen LogP contribution >= 0.6 is 0 Å². The highest BCUT2D eigenvalue weighted by Crippen LogP contribution is 2.35. The van der Waals surface area contributed by atoms with Crippen LogP contribution in [-0.4, -0.2) is 37.6 Å². The summed E-state index contributed by atoms with van der Waals surface area (Å²) < 4.78 is 0. The molecule has 1 atom stereocenters. The summed E-state index contributed by atoms with van der Waals surface area (Å²) in [6.45, 7) is 11.1. The van der Waals surface area contributed by atoms with Gasteiger partial charge in [0.15, 0.2) is 0 Å². The summed E-state index contributed by atoms with van der Waals surface area (Å²) in [4.78, 5) is 2.72. The Hall–Kier alpha value is -0.0800. The van der Waals surface area contributed by atoms with Crippen molar-refractivity contribution in [3.05, 3.63) is 0 Å². The first-order valence-electron chi connectivity index (χ1n) is 7.71. The molecule has 2 nitrogen and oxygen atoms in total. The lowest BCUT2D eigenvalue weighted by Crippen LogP contribution is -2.48. The molecule has 0 aromatic carbocycles. The van der Waals surface area contributed by atoms with Gasteiger partial charge in [0, 0.05) is 19.6 Å². The maximum absolute atomic E-state index is 3.63. The molecule has 0 amide bonds. The predicted molar refractivity (Wildman–Crippen MR) is 74.3 cm³/mol. The molecule has 1 aliphatic heterocycles. The monoisotopic (exact) mass is 238 g/mol. The molecular weight excluding hydrogens is 208 g/mol. The van der Waals surface area contributed by atoms with Gasteiger partial charge in [-0.25, -0.2) is 0 Å². The zero-order valence-electron chi connectivity index (χ0n) is 11.8. The van der Waals surface area contributed by atoms with Crippen LogP contribution in [0.15, 0.2) is 0 Å². The minimum absolute atomic E-state index is 0.581. The van der Waals surface area contributed by atoms with Gasteiger partial charge in [-0.05, 0) is 56.5 Å². The van der Waals surface area contributed by atoms with Crippen LogP contribution in [0.3, 0.4) is 0 Å². The van der Waals surface area contributed by atoms with Crippen LogP contribution in [0.4, 0.5) is 0 Å². The minimum Gasteiger partial charge on any atom is -0.316 e. The molecule has 1 N–H and O–H groups in total. The van der Waals surface area contributed by atoms with Gasteiger partial charge < -0.3 is 10.2 Å². The Morgan fingerprint density at radius 2 is 2.12 bits per heavy atom. The fraction of sp³-hybridized carbons (Fsp3) is 1.00. The number of rotatable bonds is 7. The fourth-order valence-corrected chi connectivity index (χ4v) is 3.43. The summed E-state index contributed by atoms with van der Waals surface area (Å²) in [5.41, 5.74) is 0.581. The Bertz CT molecular complexity index is 211. The first kappa shape index (κ1) is 13.4. The molecule has 17 heavy (non-hydrogen) atoms. The number of nitrogens with zero attached hydrogens (tertiary/aromatic N) is 1. The first-order valence-corrected chi connectivity index (χ1v) is 7.71. The first-order chi connectivity index (χ1) is 8.28. The van der Waals surface area contributed by atoms with Gasteiger partial charge in [-0.2, -0.15) is 0 Å². The zero-order chi connectivity index (χ0) is 12.1. The number of hydrogen-bond donors (Lipinski definition) is 1. The molecule has 0 aromatic rings. The molecule has 1 saturated heterocycles. The summed E-state index contributed by atoms with van der Waals surface area (Å²) in [5, 5.41) is 3.63. The summed E-state index contributed by atoms with van der Waals surface area (Å²) >= 11 is 0. The molecule has 2 heteroatoms. The second-order valence-electron chi connectivity index (χ2n) is 6.30. The Morgan fingerprint density at radius 3 is 2.65 bits per heavy atom. The van der Waals surface area contributed by atoms with E-state index in [0.29, 0.717) is 5.41 Å². The van der Waals surface area contributed by atoms with E-state index in [1.807, 2.05) is 0 Å². The third kappa shape index (κ3) is 3.96. The van der Waals surface area contributed by atoms with E-state index in [4.69, 9.17) is 0 Å². The smallest absolute Gasteiger partial charge is 0.00501 e. The molecular formula is C15H30N2. The summed E-state index contributed by atoms with van der Waals surface area (Å²) in [6.07, 6.45) is 8.52. The molecule has 1 saturated carbocycles. The lowest BCUT2D eigenvalue weighted by Gasteiger charge is -2.41. The van der Waals surface area contributed by atoms with Crippen LogP contribution in [0.1, 0.15) is 52.4 Å². The number of nitrogens with one attached hydrogen (secondary N) is 1. The third-order valence-electron chi connectivity index (χ3n) is 4.56. The maximum atomic E-state index is 3.63. The molecule has 2 aliphatic rings. The highest BCUT2D eigenvalue weighted by atomic mass is 15.1. The highest BCUT2D eigenvalue weighted by molar-refractivity contribution is 4.89. The Morgan fingerprint density at radius 1 is 1.29 bits per heavy atom. The van der Waals surface area contributed by atoms with Crippen LogP contribution in [0.25, 0.3) is 0 Å². The molecule has 2 fully saturated rings. The summed E-state index contributed by atoms with van der Waals surface area (Å²) in [5.74, 6) is 1.03. The number of hydrogen-bond acceptors (Lipinski definition) is 2. The summed E-state index contributed by atoms with van der Waals surface area (Å²) in [7, 11) is 0. The maximum Gasteiger partial charge on any atom is 0.00501 e. The van der Waals surface area contributed by atoms with Crippen molar-refractivity contribution < 1.29 is 0 Å². The SMILES string of the molecule is CCCC1(CN(CC)CC2CC2)CCCNC1. The van der Waals surface area contributed by atoms with E-state index < -0.39 is 0 Å². The minimum atomic E-state index is 0.581. The lowest BCUT2D eigenvalue weighted by molar-refractivity contribution is 0.106. The third-order valence-corrected chi connectivity index (χ3v) is 4.56. The van der Waals surface area contributed by atoms with E-state index in [9.17, 15) is 0 Å². The second kappa shape index (κ2) is 6.19. The highest BCUT2D eigenvalue weighted by Gasteiger charge is 2.34. The van der Waals surface area contributed by atoms with Gasteiger partial charge in [0.25, 0.3) is 0 Å². The second-order valence-corrected chi connectivity index (χ2v) is 6.30. The van der Waals surface area contributed by atoms with Gasteiger partial charge >= 0.3 is 0 Å². The van der Waals surface area contributed by atoms with Crippen molar-refractivity contribution in [1.29, 1.82) is 0 Å². The average Bonchev–Trinajstić information content (AvgIpc) is 3.14. The molecule has 0 aromatic heterocycles. The van der Waals surface area contributed by atoms with Gasteiger partial charge in [0.05, 0.1) is 0 Å². The molecule has 2 rings (SSSR count). The van der Waals surface area contributed by atoms with Crippen molar-refractivity contribution >= 4 is 0 Å². The van der Waals surface area contributed by atoms with Crippen LogP contribution in [-0.2, 0) is 0 Å². The van der Waals surface area contributed by atoms with Gasteiger partial charge in [-0.15, -0.1) is 0 Å². The van der Waals surface area contributed by atoms with E-state index in [0.717, 1.165) is 5.92 Å². The van der Waals surface area contributed by atoms with E-state index in [-0.39, 0.29) is 0 Å². The molecule has 100 valence electrons. The van der Waals surface area contributed by atoms with Crippen molar-refractivity contribution in [1.82, 2.24) is 10.2 Å². The summed E-state index contributed by atoms with van der Waals surface area (Å²) in [6, 6.07) is 0. The average molecular weight is 238 g/mol. The van der Waals surface area contributed by atoms with Crippen molar-refractivity contribution in [2.24, 2.45) is 11.3 Å². The molecule has 0 spiro atoms. The standard InChI is InChI=1S/C15H30N2/c1-3-8-15(9-5-10-16-12-15)13-17(4-2)11-14-6-7-14/h14,16H,3-13H2,1-2H3. The largest absolute Gasteiger partial charge is 0.316 e. The molecule has 1 aliphatic carbocycles. The van der Waals surface area contributed by atoms with E-state index >= 15 is 0 Å². The zero-order valence-corrected chi connectivity index (χ0v) is 11.8. The van der Waals surface area contributed by atoms with Gasteiger partial charge in [-0.3, -0.25) is 0 Å². The van der Waals surface area contributed by atoms with Gasteiger partial charge in [0.2, 0.25) is 0 Å². The normalized spacial score (nSPS) is 29.8. The molecule has 1 unspecified atom stereocenters. The van der Waals surface area contributed by atoms with Crippen molar-refractivity contribution in [2.75, 3.05) is 32.7 Å². The number of piperidine rings is 1. The van der Waals surface area contributed by atoms with Crippen molar-refractivity contribution in [3.63, 3.8) is 0 Å². The Kier molecular flexibility index (Phi) is 4.87. The Balaban J connectivity index is 1.89. The van der Waals surface area contributed by atoms with E-state index in [1.54, 1.807) is 0 Å². The quantitative estimate of drug-likeness (QED) is 0.733. The lowest BCUT2D eigenvalue weighted by atomic mass is 9.76. The van der Waals surface area contributed by atoms with Crippen LogP contribution in [0, 0.1) is 11.3 Å². The Labute approximate surface area is 107 Å². The molecule has 0 radical (unpaired) electrons.